The number of hydrogen-bond donors (Lipinski definition) is 1. The summed E-state index contributed by atoms with van der Waals surface area (Å²) < 4.78 is 5.09. The van der Waals surface area contributed by atoms with Crippen molar-refractivity contribution in [3.63, 3.8) is 0 Å². The van der Waals surface area contributed by atoms with Gasteiger partial charge in [-0.3, -0.25) is 4.90 Å². The Morgan fingerprint density at radius 3 is 2.53 bits per heavy atom. The van der Waals surface area contributed by atoms with Crippen molar-refractivity contribution in [2.75, 3.05) is 60.0 Å². The Bertz CT molecular complexity index is 203. The highest BCUT2D eigenvalue weighted by atomic mass is 16.5. The summed E-state index contributed by atoms with van der Waals surface area (Å²) in [4.78, 5) is 5.01. The summed E-state index contributed by atoms with van der Waals surface area (Å²) in [5.41, 5.74) is 0.268. The molecule has 0 bridgehead atoms. The molecule has 0 aromatic rings. The van der Waals surface area contributed by atoms with Crippen molar-refractivity contribution < 1.29 is 4.74 Å². The van der Waals surface area contributed by atoms with E-state index in [9.17, 15) is 0 Å². The summed E-state index contributed by atoms with van der Waals surface area (Å²) in [5, 5.41) is 3.41. The van der Waals surface area contributed by atoms with Crippen LogP contribution in [0.1, 0.15) is 20.3 Å². The first-order valence-corrected chi connectivity index (χ1v) is 6.69. The number of piperazine rings is 1. The first kappa shape index (κ1) is 14.9. The van der Waals surface area contributed by atoms with Gasteiger partial charge >= 0.3 is 0 Å². The molecule has 0 aromatic carbocycles. The molecular formula is C13H29N3O. The molecule has 1 N–H and O–H groups in total. The average Bonchev–Trinajstić information content (AvgIpc) is 2.30. The first-order chi connectivity index (χ1) is 8.06. The van der Waals surface area contributed by atoms with Crippen LogP contribution < -0.4 is 5.32 Å². The molecule has 0 unspecified atom stereocenters. The quantitative estimate of drug-likeness (QED) is 0.664. The molecular weight excluding hydrogens is 214 g/mol. The molecule has 0 aromatic heterocycles. The van der Waals surface area contributed by atoms with E-state index in [1.165, 1.54) is 13.1 Å². The van der Waals surface area contributed by atoms with E-state index >= 15 is 0 Å². The van der Waals surface area contributed by atoms with Crippen LogP contribution in [0, 0.1) is 0 Å². The zero-order valence-electron chi connectivity index (χ0n) is 12.0. The third-order valence-corrected chi connectivity index (χ3v) is 3.52. The predicted molar refractivity (Wildman–Crippen MR) is 72.5 cm³/mol. The van der Waals surface area contributed by atoms with E-state index < -0.39 is 0 Å². The summed E-state index contributed by atoms with van der Waals surface area (Å²) in [6.07, 6.45) is 1.12. The van der Waals surface area contributed by atoms with E-state index in [4.69, 9.17) is 4.74 Å². The van der Waals surface area contributed by atoms with Crippen LogP contribution in [0.15, 0.2) is 0 Å². The zero-order chi connectivity index (χ0) is 12.7. The Labute approximate surface area is 106 Å². The van der Waals surface area contributed by atoms with Gasteiger partial charge in [-0.15, -0.1) is 0 Å². The van der Waals surface area contributed by atoms with Gasteiger partial charge in [0.15, 0.2) is 0 Å². The lowest BCUT2D eigenvalue weighted by Gasteiger charge is -2.43. The molecule has 1 heterocycles. The lowest BCUT2D eigenvalue weighted by atomic mass is 10.0. The van der Waals surface area contributed by atoms with Crippen LogP contribution in [0.5, 0.6) is 0 Å². The minimum Gasteiger partial charge on any atom is -0.385 e. The van der Waals surface area contributed by atoms with Crippen molar-refractivity contribution in [1.29, 1.82) is 0 Å². The largest absolute Gasteiger partial charge is 0.385 e. The summed E-state index contributed by atoms with van der Waals surface area (Å²) in [6, 6.07) is 0. The minimum atomic E-state index is 0.268. The van der Waals surface area contributed by atoms with Crippen LogP contribution >= 0.6 is 0 Å². The van der Waals surface area contributed by atoms with Crippen LogP contribution in [0.3, 0.4) is 0 Å². The van der Waals surface area contributed by atoms with Crippen molar-refractivity contribution in [2.45, 2.75) is 25.8 Å². The lowest BCUT2D eigenvalue weighted by Crippen LogP contribution is -2.57. The van der Waals surface area contributed by atoms with Crippen LogP contribution in [0.25, 0.3) is 0 Å². The van der Waals surface area contributed by atoms with E-state index in [1.54, 1.807) is 7.11 Å². The molecule has 0 atom stereocenters. The van der Waals surface area contributed by atoms with Crippen LogP contribution in [-0.2, 0) is 4.74 Å². The smallest absolute Gasteiger partial charge is 0.0474 e. The molecule has 0 spiro atoms. The highest BCUT2D eigenvalue weighted by molar-refractivity contribution is 4.87. The van der Waals surface area contributed by atoms with E-state index in [2.05, 4.69) is 36.0 Å². The lowest BCUT2D eigenvalue weighted by molar-refractivity contribution is 0.0683. The Balaban J connectivity index is 2.30. The fraction of sp³-hybridized carbons (Fsp3) is 1.00. The van der Waals surface area contributed by atoms with E-state index in [0.717, 1.165) is 39.2 Å². The maximum absolute atomic E-state index is 5.09. The van der Waals surface area contributed by atoms with Crippen molar-refractivity contribution in [2.24, 2.45) is 0 Å². The molecule has 4 heteroatoms. The SMILES string of the molecule is COCCCN(C)CC(C)(C)N1CCNCC1. The molecule has 4 nitrogen and oxygen atoms in total. The molecule has 0 saturated carbocycles. The van der Waals surface area contributed by atoms with Crippen LogP contribution in [0.4, 0.5) is 0 Å². The second-order valence-electron chi connectivity index (χ2n) is 5.63. The molecule has 1 aliphatic rings. The molecule has 0 radical (unpaired) electrons. The second kappa shape index (κ2) is 7.31. The number of nitrogens with one attached hydrogen (secondary N) is 1. The molecule has 0 amide bonds. The number of rotatable bonds is 7. The molecule has 1 saturated heterocycles. The van der Waals surface area contributed by atoms with Gasteiger partial charge in [-0.25, -0.2) is 0 Å². The van der Waals surface area contributed by atoms with Gasteiger partial charge in [0.1, 0.15) is 0 Å². The number of ether oxygens (including phenoxy) is 1. The third kappa shape index (κ3) is 5.34. The van der Waals surface area contributed by atoms with Crippen LogP contribution in [-0.4, -0.2) is 75.4 Å². The summed E-state index contributed by atoms with van der Waals surface area (Å²) in [6.45, 7) is 12.4. The molecule has 102 valence electrons. The average molecular weight is 243 g/mol. The Kier molecular flexibility index (Phi) is 6.41. The number of nitrogens with zero attached hydrogens (tertiary/aromatic N) is 2. The van der Waals surface area contributed by atoms with E-state index in [-0.39, 0.29) is 5.54 Å². The first-order valence-electron chi connectivity index (χ1n) is 6.69. The third-order valence-electron chi connectivity index (χ3n) is 3.52. The van der Waals surface area contributed by atoms with Crippen molar-refractivity contribution >= 4 is 0 Å². The van der Waals surface area contributed by atoms with Gasteiger partial charge in [0, 0.05) is 58.5 Å². The van der Waals surface area contributed by atoms with Crippen LogP contribution in [0.2, 0.25) is 0 Å². The van der Waals surface area contributed by atoms with Gasteiger partial charge in [0.25, 0.3) is 0 Å². The highest BCUT2D eigenvalue weighted by Crippen LogP contribution is 2.16. The molecule has 17 heavy (non-hydrogen) atoms. The Morgan fingerprint density at radius 2 is 1.94 bits per heavy atom. The standard InChI is InChI=1S/C13H29N3O/c1-13(2,16-9-6-14-7-10-16)12-15(3)8-5-11-17-4/h14H,5-12H2,1-4H3. The van der Waals surface area contributed by atoms with Gasteiger partial charge in [-0.1, -0.05) is 0 Å². The molecule has 1 fully saturated rings. The maximum atomic E-state index is 5.09. The van der Waals surface area contributed by atoms with Crippen molar-refractivity contribution in [3.05, 3.63) is 0 Å². The number of likely N-dealkylation sites (N-methyl/N-ethyl adjacent to an activating group) is 1. The van der Waals surface area contributed by atoms with Crippen molar-refractivity contribution in [1.82, 2.24) is 15.1 Å². The summed E-state index contributed by atoms with van der Waals surface area (Å²) in [7, 11) is 3.98. The number of hydrogen-bond acceptors (Lipinski definition) is 4. The second-order valence-corrected chi connectivity index (χ2v) is 5.63. The zero-order valence-corrected chi connectivity index (χ0v) is 12.0. The van der Waals surface area contributed by atoms with Gasteiger partial charge in [-0.05, 0) is 27.3 Å². The number of methoxy groups -OCH3 is 1. The fourth-order valence-corrected chi connectivity index (χ4v) is 2.59. The predicted octanol–water partition coefficient (Wildman–Crippen LogP) is 0.639. The Hall–Kier alpha value is -0.160. The van der Waals surface area contributed by atoms with Gasteiger partial charge < -0.3 is 15.0 Å². The van der Waals surface area contributed by atoms with E-state index in [0.29, 0.717) is 0 Å². The van der Waals surface area contributed by atoms with Gasteiger partial charge in [-0.2, -0.15) is 0 Å². The van der Waals surface area contributed by atoms with E-state index in [1.807, 2.05) is 0 Å². The normalized spacial score (nSPS) is 18.9. The summed E-state index contributed by atoms with van der Waals surface area (Å²) >= 11 is 0. The minimum absolute atomic E-state index is 0.268. The molecule has 1 rings (SSSR count). The van der Waals surface area contributed by atoms with Gasteiger partial charge in [0.2, 0.25) is 0 Å². The van der Waals surface area contributed by atoms with Gasteiger partial charge in [0.05, 0.1) is 0 Å². The topological polar surface area (TPSA) is 27.7 Å². The highest BCUT2D eigenvalue weighted by Gasteiger charge is 2.28. The summed E-state index contributed by atoms with van der Waals surface area (Å²) in [5.74, 6) is 0. The maximum Gasteiger partial charge on any atom is 0.0474 e. The monoisotopic (exact) mass is 243 g/mol. The molecule has 1 aliphatic heterocycles. The molecule has 0 aliphatic carbocycles. The fourth-order valence-electron chi connectivity index (χ4n) is 2.59. The Morgan fingerprint density at radius 1 is 1.29 bits per heavy atom. The van der Waals surface area contributed by atoms with Crippen molar-refractivity contribution in [3.8, 4) is 0 Å².